The topological polar surface area (TPSA) is 69.6 Å². The fourth-order valence-electron chi connectivity index (χ4n) is 0.677. The number of aliphatic carboxylic acids is 1. The summed E-state index contributed by atoms with van der Waals surface area (Å²) in [6, 6.07) is -0.810. The number of hydrogen-bond acceptors (Lipinski definition) is 6. The summed E-state index contributed by atoms with van der Waals surface area (Å²) in [4.78, 5) is 23.5. The van der Waals surface area contributed by atoms with Gasteiger partial charge in [0.2, 0.25) is 5.91 Å². The van der Waals surface area contributed by atoms with E-state index >= 15 is 0 Å². The van der Waals surface area contributed by atoms with Gasteiger partial charge in [-0.2, -0.15) is 0 Å². The minimum atomic E-state index is -0.999. The molecule has 0 saturated carbocycles. The highest BCUT2D eigenvalue weighted by Crippen LogP contribution is 2.34. The van der Waals surface area contributed by atoms with E-state index in [9.17, 15) is 9.59 Å². The molecule has 0 saturated heterocycles. The number of rotatable bonds is 8. The fraction of sp³-hybridized carbons (Fsp3) is 0.750. The van der Waals surface area contributed by atoms with E-state index < -0.39 is 12.0 Å². The highest BCUT2D eigenvalue weighted by molar-refractivity contribution is 9.09. The van der Waals surface area contributed by atoms with Crippen LogP contribution < -0.4 is 5.32 Å². The average molecular weight is 284 g/mol. The predicted octanol–water partition coefficient (Wildman–Crippen LogP) is 1.12. The Kier molecular flexibility index (Phi) is 9.00. The quantitative estimate of drug-likeness (QED) is 0.393. The Morgan fingerprint density at radius 2 is 2.00 bits per heavy atom. The first-order valence-corrected chi connectivity index (χ1v) is 8.31. The smallest absolute Gasteiger partial charge is 0.327 e. The van der Waals surface area contributed by atoms with E-state index in [-0.39, 0.29) is 5.91 Å². The van der Waals surface area contributed by atoms with Crippen molar-refractivity contribution >= 4 is 43.3 Å². The first-order chi connectivity index (χ1) is 7.43. The maximum Gasteiger partial charge on any atom is 0.327 e. The molecule has 0 aromatic heterocycles. The third-order valence-electron chi connectivity index (χ3n) is 1.32. The van der Waals surface area contributed by atoms with Gasteiger partial charge in [-0.1, -0.05) is 21.6 Å². The summed E-state index contributed by atoms with van der Waals surface area (Å²) in [5.41, 5.74) is 0. The van der Waals surface area contributed by atoms with Crippen LogP contribution in [0.15, 0.2) is 0 Å². The van der Waals surface area contributed by atoms with Crippen molar-refractivity contribution in [3.8, 4) is 0 Å². The predicted molar refractivity (Wildman–Crippen MR) is 71.4 cm³/mol. The number of carbonyl (C=O) groups excluding carboxylic acids is 1. The summed E-state index contributed by atoms with van der Waals surface area (Å²) in [7, 11) is 8.53. The van der Waals surface area contributed by atoms with Crippen LogP contribution >= 0.6 is 31.4 Å². The summed E-state index contributed by atoms with van der Waals surface area (Å²) < 4.78 is 0. The third-order valence-corrected chi connectivity index (χ3v) is 5.63. The molecule has 5 nitrogen and oxygen atoms in total. The second kappa shape index (κ2) is 9.03. The van der Waals surface area contributed by atoms with E-state index in [1.165, 1.54) is 27.5 Å². The van der Waals surface area contributed by atoms with Crippen molar-refractivity contribution in [1.82, 2.24) is 10.2 Å². The Bertz CT molecular complexity index is 239. The van der Waals surface area contributed by atoms with Gasteiger partial charge in [-0.05, 0) is 23.9 Å². The molecule has 2 N–H and O–H groups in total. The van der Waals surface area contributed by atoms with E-state index in [4.69, 9.17) is 5.11 Å². The number of hydrogen-bond donors (Lipinski definition) is 2. The largest absolute Gasteiger partial charge is 0.480 e. The van der Waals surface area contributed by atoms with Crippen LogP contribution in [-0.2, 0) is 9.59 Å². The first-order valence-electron chi connectivity index (χ1n) is 4.49. The molecule has 0 unspecified atom stereocenters. The number of amides is 1. The molecule has 8 heteroatoms. The molecule has 0 spiro atoms. The molecule has 16 heavy (non-hydrogen) atoms. The molecule has 1 amide bonds. The van der Waals surface area contributed by atoms with Gasteiger partial charge in [-0.3, -0.25) is 9.69 Å². The highest BCUT2D eigenvalue weighted by Gasteiger charge is 2.18. The van der Waals surface area contributed by atoms with Gasteiger partial charge >= 0.3 is 5.97 Å². The van der Waals surface area contributed by atoms with E-state index in [0.29, 0.717) is 5.75 Å². The average Bonchev–Trinajstić information content (AvgIpc) is 2.14. The molecule has 0 aliphatic carbocycles. The minimum Gasteiger partial charge on any atom is -0.480 e. The lowest BCUT2D eigenvalue weighted by Gasteiger charge is -2.12. The maximum absolute atomic E-state index is 10.8. The lowest BCUT2D eigenvalue weighted by atomic mass is 10.3. The number of nitrogens with zero attached hydrogens (tertiary/aromatic N) is 1. The second-order valence-electron chi connectivity index (χ2n) is 3.27. The van der Waals surface area contributed by atoms with Crippen LogP contribution in [0.4, 0.5) is 0 Å². The Hall–Kier alpha value is -0.0500. The van der Waals surface area contributed by atoms with Gasteiger partial charge in [0.25, 0.3) is 0 Å². The van der Waals surface area contributed by atoms with Gasteiger partial charge in [-0.15, -0.1) is 0 Å². The van der Waals surface area contributed by atoms with Crippen LogP contribution in [0.5, 0.6) is 0 Å². The zero-order chi connectivity index (χ0) is 12.6. The van der Waals surface area contributed by atoms with E-state index in [0.717, 1.165) is 5.88 Å². The van der Waals surface area contributed by atoms with Gasteiger partial charge in [-0.25, -0.2) is 4.79 Å². The SMILES string of the molecule is CC(=O)N[C@@H](CSSSCN(C)C)C(=O)O. The first kappa shape index (κ1) is 16.0. The van der Waals surface area contributed by atoms with Crippen LogP contribution in [0.2, 0.25) is 0 Å². The molecule has 1 atom stereocenters. The Morgan fingerprint density at radius 3 is 2.44 bits per heavy atom. The highest BCUT2D eigenvalue weighted by atomic mass is 33.5. The zero-order valence-electron chi connectivity index (χ0n) is 9.43. The molecular formula is C8H16N2O3S3. The summed E-state index contributed by atoms with van der Waals surface area (Å²) >= 11 is 0. The number of nitrogens with one attached hydrogen (secondary N) is 1. The van der Waals surface area contributed by atoms with Crippen LogP contribution in [0.25, 0.3) is 0 Å². The van der Waals surface area contributed by atoms with Gasteiger partial charge in [0, 0.05) is 12.7 Å². The van der Waals surface area contributed by atoms with Crippen molar-refractivity contribution in [2.75, 3.05) is 25.7 Å². The molecule has 94 valence electrons. The Labute approximate surface area is 107 Å². The lowest BCUT2D eigenvalue weighted by molar-refractivity contribution is -0.140. The summed E-state index contributed by atoms with van der Waals surface area (Å²) in [6.45, 7) is 1.31. The van der Waals surface area contributed by atoms with Crippen molar-refractivity contribution in [3.05, 3.63) is 0 Å². The molecule has 0 aliphatic heterocycles. The van der Waals surface area contributed by atoms with Gasteiger partial charge in [0.1, 0.15) is 6.04 Å². The van der Waals surface area contributed by atoms with E-state index in [2.05, 4.69) is 5.32 Å². The van der Waals surface area contributed by atoms with Crippen molar-refractivity contribution in [1.29, 1.82) is 0 Å². The monoisotopic (exact) mass is 284 g/mol. The van der Waals surface area contributed by atoms with Crippen LogP contribution in [0, 0.1) is 0 Å². The number of carboxylic acid groups (broad SMARTS) is 1. The standard InChI is InChI=1S/C8H16N2O3S3/c1-6(11)9-7(8(12)13)4-14-16-15-5-10(2)3/h7H,4-5H2,1-3H3,(H,9,11)(H,12,13)/t7-/m0/s1. The molecule has 0 aromatic rings. The fourth-order valence-corrected chi connectivity index (χ4v) is 4.46. The molecule has 0 heterocycles. The molecule has 0 fully saturated rings. The number of carbonyl (C=O) groups is 2. The van der Waals surface area contributed by atoms with Crippen LogP contribution in [0.3, 0.4) is 0 Å². The van der Waals surface area contributed by atoms with Crippen LogP contribution in [0.1, 0.15) is 6.92 Å². The molecule has 0 bridgehead atoms. The summed E-state index contributed by atoms with van der Waals surface area (Å²) in [5.74, 6) is -0.0879. The van der Waals surface area contributed by atoms with Crippen molar-refractivity contribution in [2.45, 2.75) is 13.0 Å². The minimum absolute atomic E-state index is 0.320. The molecule has 0 aliphatic rings. The molecule has 0 aromatic carbocycles. The Morgan fingerprint density at radius 1 is 1.38 bits per heavy atom. The summed E-state index contributed by atoms with van der Waals surface area (Å²) in [5, 5.41) is 11.2. The molecule has 0 radical (unpaired) electrons. The second-order valence-corrected chi connectivity index (χ2v) is 7.52. The van der Waals surface area contributed by atoms with E-state index in [1.54, 1.807) is 10.8 Å². The van der Waals surface area contributed by atoms with Crippen LogP contribution in [-0.4, -0.2) is 53.6 Å². The molecular weight excluding hydrogens is 268 g/mol. The summed E-state index contributed by atoms with van der Waals surface area (Å²) in [6.07, 6.45) is 0. The maximum atomic E-state index is 10.8. The zero-order valence-corrected chi connectivity index (χ0v) is 11.9. The van der Waals surface area contributed by atoms with Gasteiger partial charge in [0.05, 0.1) is 5.88 Å². The van der Waals surface area contributed by atoms with E-state index in [1.807, 2.05) is 19.0 Å². The van der Waals surface area contributed by atoms with Gasteiger partial charge in [0.15, 0.2) is 0 Å². The number of carboxylic acids is 1. The third kappa shape index (κ3) is 9.20. The van der Waals surface area contributed by atoms with Crippen molar-refractivity contribution in [2.24, 2.45) is 0 Å². The normalized spacial score (nSPS) is 12.5. The van der Waals surface area contributed by atoms with Gasteiger partial charge < -0.3 is 10.4 Å². The van der Waals surface area contributed by atoms with Crippen molar-refractivity contribution in [3.63, 3.8) is 0 Å². The lowest BCUT2D eigenvalue weighted by Crippen LogP contribution is -2.41. The Balaban J connectivity index is 3.69. The molecule has 0 rings (SSSR count). The van der Waals surface area contributed by atoms with Crippen molar-refractivity contribution < 1.29 is 14.7 Å².